The first-order chi connectivity index (χ1) is 13.8. The van der Waals surface area contributed by atoms with Crippen LogP contribution >= 0.6 is 11.3 Å². The number of nitrogens with zero attached hydrogens (tertiary/aromatic N) is 4. The Morgan fingerprint density at radius 3 is 2.75 bits per heavy atom. The molecule has 0 aliphatic rings. The minimum Gasteiger partial charge on any atom is -0.452 e. The third-order valence-electron chi connectivity index (χ3n) is 5.10. The number of hydrogen-bond donors (Lipinski definition) is 1. The molecule has 0 saturated carbocycles. The zero-order valence-electron chi connectivity index (χ0n) is 15.0. The maximum atomic E-state index is 6.06. The molecule has 4 heterocycles. The number of nitrogens with one attached hydrogen (secondary N) is 1. The summed E-state index contributed by atoms with van der Waals surface area (Å²) in [4.78, 5) is 4.09. The number of benzene rings is 2. The van der Waals surface area contributed by atoms with Gasteiger partial charge in [-0.25, -0.2) is 0 Å². The van der Waals surface area contributed by atoms with Crippen molar-refractivity contribution < 1.29 is 4.42 Å². The summed E-state index contributed by atoms with van der Waals surface area (Å²) in [6, 6.07) is 16.3. The van der Waals surface area contributed by atoms with Crippen LogP contribution in [0.5, 0.6) is 0 Å². The zero-order valence-corrected chi connectivity index (χ0v) is 15.8. The van der Waals surface area contributed by atoms with Gasteiger partial charge in [0.05, 0.1) is 0 Å². The Bertz CT molecular complexity index is 1470. The smallest absolute Gasteiger partial charge is 0.235 e. The van der Waals surface area contributed by atoms with E-state index in [9.17, 15) is 0 Å². The first kappa shape index (κ1) is 15.6. The second-order valence-corrected chi connectivity index (χ2v) is 7.84. The Labute approximate surface area is 163 Å². The van der Waals surface area contributed by atoms with Crippen molar-refractivity contribution in [3.05, 3.63) is 70.9 Å². The Balaban J connectivity index is 1.44. The minimum absolute atomic E-state index is 0.644. The molecule has 0 radical (unpaired) electrons. The predicted octanol–water partition coefficient (Wildman–Crippen LogP) is 4.98. The van der Waals surface area contributed by atoms with Crippen LogP contribution in [-0.2, 0) is 6.42 Å². The van der Waals surface area contributed by atoms with E-state index in [4.69, 9.17) is 9.52 Å². The van der Waals surface area contributed by atoms with Crippen molar-refractivity contribution in [1.82, 2.24) is 24.8 Å². The second kappa shape index (κ2) is 5.77. The SMILES string of the molecule is Cc1c(-c2nnc3sc(Cc4c[nH]c5ccccc45)nn23)oc2ccccc12. The van der Waals surface area contributed by atoms with Gasteiger partial charge in [0.25, 0.3) is 0 Å². The molecule has 28 heavy (non-hydrogen) atoms. The van der Waals surface area contributed by atoms with Crippen LogP contribution < -0.4 is 0 Å². The lowest BCUT2D eigenvalue weighted by Gasteiger charge is -1.96. The van der Waals surface area contributed by atoms with E-state index < -0.39 is 0 Å². The maximum absolute atomic E-state index is 6.06. The molecule has 0 aliphatic heterocycles. The molecule has 0 fully saturated rings. The summed E-state index contributed by atoms with van der Waals surface area (Å²) in [7, 11) is 0. The molecule has 2 aromatic carbocycles. The molecule has 0 atom stereocenters. The maximum Gasteiger partial charge on any atom is 0.235 e. The van der Waals surface area contributed by atoms with E-state index in [1.807, 2.05) is 31.2 Å². The summed E-state index contributed by atoms with van der Waals surface area (Å²) >= 11 is 1.55. The lowest BCUT2D eigenvalue weighted by Crippen LogP contribution is -1.93. The summed E-state index contributed by atoms with van der Waals surface area (Å²) in [6.45, 7) is 2.04. The van der Waals surface area contributed by atoms with Crippen molar-refractivity contribution in [3.63, 3.8) is 0 Å². The number of fused-ring (bicyclic) bond motifs is 3. The largest absolute Gasteiger partial charge is 0.452 e. The van der Waals surface area contributed by atoms with Gasteiger partial charge in [0.1, 0.15) is 10.6 Å². The Morgan fingerprint density at radius 2 is 1.86 bits per heavy atom. The van der Waals surface area contributed by atoms with E-state index in [0.29, 0.717) is 5.82 Å². The highest BCUT2D eigenvalue weighted by Crippen LogP contribution is 2.33. The minimum atomic E-state index is 0.644. The number of hydrogen-bond acceptors (Lipinski definition) is 5. The van der Waals surface area contributed by atoms with Crippen molar-refractivity contribution in [2.45, 2.75) is 13.3 Å². The van der Waals surface area contributed by atoms with Gasteiger partial charge in [0.15, 0.2) is 5.76 Å². The number of furan rings is 1. The van der Waals surface area contributed by atoms with E-state index in [-0.39, 0.29) is 0 Å². The summed E-state index contributed by atoms with van der Waals surface area (Å²) < 4.78 is 7.85. The van der Waals surface area contributed by atoms with Crippen LogP contribution in [0.25, 0.3) is 38.4 Å². The monoisotopic (exact) mass is 385 g/mol. The van der Waals surface area contributed by atoms with E-state index in [0.717, 1.165) is 44.2 Å². The number of aromatic nitrogens is 5. The van der Waals surface area contributed by atoms with Crippen LogP contribution in [0.4, 0.5) is 0 Å². The molecule has 7 heteroatoms. The Hall–Kier alpha value is -3.45. The fraction of sp³-hybridized carbons (Fsp3) is 0.0952. The Morgan fingerprint density at radius 1 is 1.04 bits per heavy atom. The number of aromatic amines is 1. The van der Waals surface area contributed by atoms with E-state index in [1.165, 1.54) is 10.9 Å². The molecule has 6 aromatic rings. The van der Waals surface area contributed by atoms with Crippen LogP contribution in [0.15, 0.2) is 59.1 Å². The van der Waals surface area contributed by atoms with Gasteiger partial charge in [-0.2, -0.15) is 9.61 Å². The van der Waals surface area contributed by atoms with Crippen LogP contribution in [0.3, 0.4) is 0 Å². The van der Waals surface area contributed by atoms with Crippen LogP contribution in [0, 0.1) is 6.92 Å². The molecule has 0 spiro atoms. The highest BCUT2D eigenvalue weighted by molar-refractivity contribution is 7.16. The Kier molecular flexibility index (Phi) is 3.21. The highest BCUT2D eigenvalue weighted by Gasteiger charge is 2.20. The van der Waals surface area contributed by atoms with Crippen molar-refractivity contribution in [2.75, 3.05) is 0 Å². The number of aryl methyl sites for hydroxylation is 1. The van der Waals surface area contributed by atoms with Crippen LogP contribution in [0.2, 0.25) is 0 Å². The first-order valence-corrected chi connectivity index (χ1v) is 9.84. The molecule has 0 unspecified atom stereocenters. The number of para-hydroxylation sites is 2. The topological polar surface area (TPSA) is 72.0 Å². The summed E-state index contributed by atoms with van der Waals surface area (Å²) in [5, 5.41) is 16.7. The molecule has 0 aliphatic carbocycles. The summed E-state index contributed by atoms with van der Waals surface area (Å²) in [5.74, 6) is 1.36. The van der Waals surface area contributed by atoms with Crippen LogP contribution in [0.1, 0.15) is 16.1 Å². The predicted molar refractivity (Wildman–Crippen MR) is 110 cm³/mol. The molecule has 136 valence electrons. The van der Waals surface area contributed by atoms with Gasteiger partial charge < -0.3 is 9.40 Å². The van der Waals surface area contributed by atoms with Gasteiger partial charge in [-0.15, -0.1) is 10.2 Å². The lowest BCUT2D eigenvalue weighted by atomic mass is 10.1. The van der Waals surface area contributed by atoms with Gasteiger partial charge in [0, 0.05) is 34.5 Å². The number of H-pyrrole nitrogens is 1. The van der Waals surface area contributed by atoms with Crippen molar-refractivity contribution >= 4 is 38.2 Å². The van der Waals surface area contributed by atoms with Gasteiger partial charge in [-0.3, -0.25) is 0 Å². The van der Waals surface area contributed by atoms with E-state index >= 15 is 0 Å². The van der Waals surface area contributed by atoms with Gasteiger partial charge in [-0.05, 0) is 24.6 Å². The molecular formula is C21H15N5OS. The standard InChI is InChI=1S/C21H15N5OS/c1-12-14-6-3-5-9-17(14)27-19(12)20-23-24-21-26(20)25-18(28-21)10-13-11-22-16-8-4-2-7-15(13)16/h2-9,11,22H,10H2,1H3. The van der Waals surface area contributed by atoms with Gasteiger partial charge >= 0.3 is 0 Å². The van der Waals surface area contributed by atoms with Gasteiger partial charge in [0.2, 0.25) is 10.8 Å². The molecule has 0 saturated heterocycles. The lowest BCUT2D eigenvalue weighted by molar-refractivity contribution is 0.619. The molecular weight excluding hydrogens is 370 g/mol. The third kappa shape index (κ3) is 2.23. The fourth-order valence-electron chi connectivity index (χ4n) is 3.70. The highest BCUT2D eigenvalue weighted by atomic mass is 32.1. The first-order valence-electron chi connectivity index (χ1n) is 9.02. The zero-order chi connectivity index (χ0) is 18.7. The third-order valence-corrected chi connectivity index (χ3v) is 5.99. The van der Waals surface area contributed by atoms with E-state index in [2.05, 4.69) is 45.6 Å². The van der Waals surface area contributed by atoms with Crippen LogP contribution in [-0.4, -0.2) is 24.8 Å². The average Bonchev–Trinajstić information content (AvgIpc) is 3.46. The quantitative estimate of drug-likeness (QED) is 0.466. The summed E-state index contributed by atoms with van der Waals surface area (Å²) in [6.07, 6.45) is 2.80. The second-order valence-electron chi connectivity index (χ2n) is 6.80. The molecule has 6 rings (SSSR count). The summed E-state index contributed by atoms with van der Waals surface area (Å²) in [5.41, 5.74) is 4.26. The fourth-order valence-corrected chi connectivity index (χ4v) is 4.55. The van der Waals surface area contributed by atoms with E-state index in [1.54, 1.807) is 15.9 Å². The normalized spacial score (nSPS) is 11.9. The molecule has 4 aromatic heterocycles. The number of rotatable bonds is 3. The molecule has 0 bridgehead atoms. The molecule has 0 amide bonds. The molecule has 1 N–H and O–H groups in total. The molecule has 6 nitrogen and oxygen atoms in total. The van der Waals surface area contributed by atoms with Crippen molar-refractivity contribution in [2.24, 2.45) is 0 Å². The van der Waals surface area contributed by atoms with Gasteiger partial charge in [-0.1, -0.05) is 47.7 Å². The average molecular weight is 385 g/mol. The van der Waals surface area contributed by atoms with Crippen molar-refractivity contribution in [3.8, 4) is 11.6 Å². The van der Waals surface area contributed by atoms with Crippen molar-refractivity contribution in [1.29, 1.82) is 0 Å².